The Hall–Kier alpha value is -2.70. The Kier molecular flexibility index (Phi) is 6.12. The molecule has 1 unspecified atom stereocenters. The number of fused-ring (bicyclic) bond motifs is 1. The fraction of sp³-hybridized carbons (Fsp3) is 0.440. The summed E-state index contributed by atoms with van der Waals surface area (Å²) in [5.74, 6) is 0.0879. The van der Waals surface area contributed by atoms with Crippen LogP contribution in [-0.4, -0.2) is 54.2 Å². The second-order valence-electron chi connectivity index (χ2n) is 8.94. The highest BCUT2D eigenvalue weighted by atomic mass is 16.5. The molecule has 0 bridgehead atoms. The number of carbonyl (C=O) groups excluding carboxylic acids is 2. The van der Waals surface area contributed by atoms with E-state index in [9.17, 15) is 14.7 Å². The minimum atomic E-state index is -0.532. The molecular formula is C25H30N2O4. The topological polar surface area (TPSA) is 78.9 Å². The monoisotopic (exact) mass is 422 g/mol. The van der Waals surface area contributed by atoms with E-state index in [1.807, 2.05) is 30.3 Å². The Morgan fingerprint density at radius 3 is 2.68 bits per heavy atom. The molecule has 164 valence electrons. The quantitative estimate of drug-likeness (QED) is 0.585. The van der Waals surface area contributed by atoms with Crippen molar-refractivity contribution in [2.24, 2.45) is 5.92 Å². The molecule has 0 aromatic heterocycles. The highest BCUT2D eigenvalue weighted by Gasteiger charge is 2.51. The summed E-state index contributed by atoms with van der Waals surface area (Å²) in [5, 5.41) is 14.3. The van der Waals surface area contributed by atoms with E-state index in [0.717, 1.165) is 31.5 Å². The lowest BCUT2D eigenvalue weighted by Crippen LogP contribution is -2.60. The van der Waals surface area contributed by atoms with Crippen LogP contribution in [0.1, 0.15) is 42.1 Å². The van der Waals surface area contributed by atoms with Crippen LogP contribution in [0.25, 0.3) is 0 Å². The van der Waals surface area contributed by atoms with Gasteiger partial charge < -0.3 is 20.1 Å². The number of rotatable bonds is 4. The number of aliphatic hydroxyl groups excluding tert-OH is 1. The SMILES string of the molecule is CC(=O)Oc1cccc([C@@]23CCN(C)C[C@H]2C(O)C[C@H](NC(=O)c2ccccc2)C3)c1. The second-order valence-corrected chi connectivity index (χ2v) is 8.94. The fourth-order valence-corrected chi connectivity index (χ4v) is 5.38. The van der Waals surface area contributed by atoms with E-state index >= 15 is 0 Å². The number of piperidine rings is 1. The average Bonchev–Trinajstić information content (AvgIpc) is 2.75. The van der Waals surface area contributed by atoms with Gasteiger partial charge in [-0.25, -0.2) is 0 Å². The van der Waals surface area contributed by atoms with Crippen molar-refractivity contribution < 1.29 is 19.4 Å². The predicted molar refractivity (Wildman–Crippen MR) is 118 cm³/mol. The van der Waals surface area contributed by atoms with Crippen LogP contribution in [0.15, 0.2) is 54.6 Å². The molecule has 4 rings (SSSR count). The first-order valence-corrected chi connectivity index (χ1v) is 10.9. The van der Waals surface area contributed by atoms with E-state index in [-0.39, 0.29) is 29.3 Å². The molecule has 2 aromatic carbocycles. The van der Waals surface area contributed by atoms with Crippen LogP contribution >= 0.6 is 0 Å². The molecule has 0 spiro atoms. The highest BCUT2D eigenvalue weighted by molar-refractivity contribution is 5.94. The first-order valence-electron chi connectivity index (χ1n) is 10.9. The van der Waals surface area contributed by atoms with Gasteiger partial charge in [0.2, 0.25) is 0 Å². The van der Waals surface area contributed by atoms with Gasteiger partial charge in [0, 0.05) is 36.4 Å². The Morgan fingerprint density at radius 2 is 1.94 bits per heavy atom. The Morgan fingerprint density at radius 1 is 1.16 bits per heavy atom. The molecule has 2 N–H and O–H groups in total. The molecule has 1 amide bonds. The summed E-state index contributed by atoms with van der Waals surface area (Å²) in [5.41, 5.74) is 1.38. The Labute approximate surface area is 183 Å². The second kappa shape index (κ2) is 8.81. The molecule has 2 fully saturated rings. The third-order valence-corrected chi connectivity index (χ3v) is 6.80. The van der Waals surface area contributed by atoms with Crippen molar-refractivity contribution >= 4 is 11.9 Å². The number of amides is 1. The van der Waals surface area contributed by atoms with Gasteiger partial charge in [0.15, 0.2) is 0 Å². The number of ether oxygens (including phenoxy) is 1. The van der Waals surface area contributed by atoms with Crippen LogP contribution in [0.2, 0.25) is 0 Å². The molecule has 31 heavy (non-hydrogen) atoms. The largest absolute Gasteiger partial charge is 0.427 e. The van der Waals surface area contributed by atoms with Gasteiger partial charge in [-0.15, -0.1) is 0 Å². The van der Waals surface area contributed by atoms with Crippen molar-refractivity contribution in [1.82, 2.24) is 10.2 Å². The summed E-state index contributed by atoms with van der Waals surface area (Å²) in [6, 6.07) is 16.7. The average molecular weight is 423 g/mol. The number of nitrogens with zero attached hydrogens (tertiary/aromatic N) is 1. The maximum Gasteiger partial charge on any atom is 0.308 e. The summed E-state index contributed by atoms with van der Waals surface area (Å²) in [6.45, 7) is 3.08. The van der Waals surface area contributed by atoms with Gasteiger partial charge in [-0.2, -0.15) is 0 Å². The smallest absolute Gasteiger partial charge is 0.308 e. The molecular weight excluding hydrogens is 392 g/mol. The van der Waals surface area contributed by atoms with Gasteiger partial charge in [-0.05, 0) is 62.7 Å². The summed E-state index contributed by atoms with van der Waals surface area (Å²) >= 11 is 0. The lowest BCUT2D eigenvalue weighted by Gasteiger charge is -2.54. The lowest BCUT2D eigenvalue weighted by atomic mass is 9.57. The summed E-state index contributed by atoms with van der Waals surface area (Å²) in [6.07, 6.45) is 1.61. The minimum absolute atomic E-state index is 0.0451. The van der Waals surface area contributed by atoms with E-state index < -0.39 is 6.10 Å². The number of hydrogen-bond donors (Lipinski definition) is 2. The van der Waals surface area contributed by atoms with Crippen LogP contribution in [-0.2, 0) is 10.2 Å². The maximum absolute atomic E-state index is 12.8. The minimum Gasteiger partial charge on any atom is -0.427 e. The van der Waals surface area contributed by atoms with E-state index in [1.165, 1.54) is 6.92 Å². The molecule has 1 saturated heterocycles. The number of carbonyl (C=O) groups is 2. The molecule has 1 aliphatic heterocycles. The van der Waals surface area contributed by atoms with Crippen molar-refractivity contribution in [2.45, 2.75) is 43.7 Å². The van der Waals surface area contributed by atoms with Gasteiger partial charge in [-0.1, -0.05) is 30.3 Å². The highest BCUT2D eigenvalue weighted by Crippen LogP contribution is 2.49. The van der Waals surface area contributed by atoms with E-state index in [0.29, 0.717) is 17.7 Å². The third-order valence-electron chi connectivity index (χ3n) is 6.80. The zero-order valence-corrected chi connectivity index (χ0v) is 18.1. The molecule has 6 nitrogen and oxygen atoms in total. The maximum atomic E-state index is 12.8. The normalized spacial score (nSPS) is 28.4. The van der Waals surface area contributed by atoms with Crippen molar-refractivity contribution in [1.29, 1.82) is 0 Å². The number of nitrogens with one attached hydrogen (secondary N) is 1. The van der Waals surface area contributed by atoms with Crippen LogP contribution in [0.4, 0.5) is 0 Å². The zero-order chi connectivity index (χ0) is 22.0. The van der Waals surface area contributed by atoms with E-state index in [1.54, 1.807) is 18.2 Å². The lowest BCUT2D eigenvalue weighted by molar-refractivity contribution is -0.131. The molecule has 1 aliphatic carbocycles. The first kappa shape index (κ1) is 21.5. The van der Waals surface area contributed by atoms with Crippen molar-refractivity contribution in [3.63, 3.8) is 0 Å². The number of likely N-dealkylation sites (tertiary alicyclic amines) is 1. The van der Waals surface area contributed by atoms with E-state index in [2.05, 4.69) is 23.3 Å². The third kappa shape index (κ3) is 4.50. The van der Waals surface area contributed by atoms with Gasteiger partial charge >= 0.3 is 5.97 Å². The molecule has 2 aromatic rings. The molecule has 1 heterocycles. The predicted octanol–water partition coefficient (Wildman–Crippen LogP) is 2.75. The summed E-state index contributed by atoms with van der Waals surface area (Å²) in [7, 11) is 2.08. The summed E-state index contributed by atoms with van der Waals surface area (Å²) < 4.78 is 5.34. The van der Waals surface area contributed by atoms with Crippen LogP contribution in [0.3, 0.4) is 0 Å². The van der Waals surface area contributed by atoms with Gasteiger partial charge in [0.05, 0.1) is 6.10 Å². The molecule has 6 heteroatoms. The molecule has 1 saturated carbocycles. The number of esters is 1. The number of hydrogen-bond acceptors (Lipinski definition) is 5. The first-order chi connectivity index (χ1) is 14.9. The van der Waals surface area contributed by atoms with Gasteiger partial charge in [0.25, 0.3) is 5.91 Å². The van der Waals surface area contributed by atoms with Gasteiger partial charge in [-0.3, -0.25) is 9.59 Å². The molecule has 0 radical (unpaired) electrons. The Bertz CT molecular complexity index is 948. The summed E-state index contributed by atoms with van der Waals surface area (Å²) in [4.78, 5) is 26.5. The molecule has 2 aliphatic rings. The van der Waals surface area contributed by atoms with Crippen LogP contribution < -0.4 is 10.1 Å². The standard InChI is InChI=1S/C25H30N2O4/c1-17(28)31-21-10-6-9-19(13-21)25-11-12-27(2)16-22(25)23(29)14-20(15-25)26-24(30)18-7-4-3-5-8-18/h3-10,13,20,22-23,29H,11-12,14-16H2,1-2H3,(H,26,30)/t20-,22-,23?,25-/m0/s1. The van der Waals surface area contributed by atoms with E-state index in [4.69, 9.17) is 4.74 Å². The van der Waals surface area contributed by atoms with Crippen LogP contribution in [0.5, 0.6) is 5.75 Å². The van der Waals surface area contributed by atoms with Crippen molar-refractivity contribution in [3.8, 4) is 5.75 Å². The van der Waals surface area contributed by atoms with Crippen LogP contribution in [0, 0.1) is 5.92 Å². The number of aliphatic hydroxyl groups is 1. The zero-order valence-electron chi connectivity index (χ0n) is 18.1. The van der Waals surface area contributed by atoms with Gasteiger partial charge in [0.1, 0.15) is 5.75 Å². The number of benzene rings is 2. The van der Waals surface area contributed by atoms with Crippen molar-refractivity contribution in [3.05, 3.63) is 65.7 Å². The molecule has 4 atom stereocenters. The Balaban J connectivity index is 1.65. The van der Waals surface area contributed by atoms with Crippen molar-refractivity contribution in [2.75, 3.05) is 20.1 Å². The fourth-order valence-electron chi connectivity index (χ4n) is 5.38.